The molecule has 0 aliphatic carbocycles. The van der Waals surface area contributed by atoms with Crippen molar-refractivity contribution in [3.05, 3.63) is 88.2 Å². The predicted molar refractivity (Wildman–Crippen MR) is 149 cm³/mol. The van der Waals surface area contributed by atoms with Gasteiger partial charge in [0, 0.05) is 29.2 Å². The Bertz CT molecular complexity index is 1400. The number of carbonyl (C=O) groups is 2. The van der Waals surface area contributed by atoms with Gasteiger partial charge >= 0.3 is 0 Å². The highest BCUT2D eigenvalue weighted by atomic mass is 35.5. The number of nitrogens with zero attached hydrogens (tertiary/aromatic N) is 2. The Balaban J connectivity index is 2.06. The molecule has 0 aromatic heterocycles. The Morgan fingerprint density at radius 3 is 2.13 bits per heavy atom. The minimum absolute atomic E-state index is 0.153. The van der Waals surface area contributed by atoms with Crippen molar-refractivity contribution in [3.8, 4) is 5.75 Å². The van der Waals surface area contributed by atoms with Gasteiger partial charge in [-0.15, -0.1) is 0 Å². The fraction of sp³-hybridized carbons (Fsp3) is 0.259. The summed E-state index contributed by atoms with van der Waals surface area (Å²) < 4.78 is 47.3. The van der Waals surface area contributed by atoms with Crippen LogP contribution in [0.5, 0.6) is 5.75 Å². The number of ether oxygens (including phenoxy) is 1. The van der Waals surface area contributed by atoms with E-state index in [1.165, 1.54) is 31.0 Å². The molecule has 3 rings (SSSR count). The molecule has 3 aromatic rings. The summed E-state index contributed by atoms with van der Waals surface area (Å²) in [4.78, 5) is 27.3. The van der Waals surface area contributed by atoms with E-state index < -0.39 is 40.2 Å². The van der Waals surface area contributed by atoms with Crippen LogP contribution in [0.1, 0.15) is 19.4 Å². The van der Waals surface area contributed by atoms with Gasteiger partial charge in [-0.1, -0.05) is 29.3 Å². The SMILES string of the molecule is CCOc1ccc(N(CC(=O)N(Cc2c(Cl)cccc2Cl)[C@@H](C)C(=O)NC)S(=O)(=O)c2ccc(F)cc2)cc1. The first-order valence-electron chi connectivity index (χ1n) is 11.9. The summed E-state index contributed by atoms with van der Waals surface area (Å²) in [6.07, 6.45) is 0. The van der Waals surface area contributed by atoms with Crippen molar-refractivity contribution in [2.45, 2.75) is 31.3 Å². The number of halogens is 3. The van der Waals surface area contributed by atoms with Crippen molar-refractivity contribution in [2.75, 3.05) is 24.5 Å². The number of amides is 2. The average Bonchev–Trinajstić information content (AvgIpc) is 2.91. The van der Waals surface area contributed by atoms with Crippen molar-refractivity contribution in [2.24, 2.45) is 0 Å². The van der Waals surface area contributed by atoms with Crippen molar-refractivity contribution in [1.82, 2.24) is 10.2 Å². The fourth-order valence-electron chi connectivity index (χ4n) is 3.78. The number of likely N-dealkylation sites (N-methyl/N-ethyl adjacent to an activating group) is 1. The van der Waals surface area contributed by atoms with E-state index in [0.717, 1.165) is 28.6 Å². The zero-order valence-corrected chi connectivity index (χ0v) is 23.9. The second kappa shape index (κ2) is 13.1. The third-order valence-electron chi connectivity index (χ3n) is 5.92. The molecule has 0 heterocycles. The van der Waals surface area contributed by atoms with E-state index in [4.69, 9.17) is 27.9 Å². The Hall–Kier alpha value is -3.34. The van der Waals surface area contributed by atoms with Gasteiger partial charge in [0.15, 0.2) is 0 Å². The lowest BCUT2D eigenvalue weighted by molar-refractivity contribution is -0.139. The summed E-state index contributed by atoms with van der Waals surface area (Å²) in [7, 11) is -2.91. The van der Waals surface area contributed by atoms with Crippen LogP contribution in [-0.4, -0.2) is 51.4 Å². The van der Waals surface area contributed by atoms with Gasteiger partial charge in [-0.05, 0) is 74.5 Å². The predicted octanol–water partition coefficient (Wildman–Crippen LogP) is 4.89. The molecule has 1 atom stereocenters. The van der Waals surface area contributed by atoms with E-state index in [-0.39, 0.29) is 27.2 Å². The van der Waals surface area contributed by atoms with E-state index in [2.05, 4.69) is 5.32 Å². The summed E-state index contributed by atoms with van der Waals surface area (Å²) in [5.41, 5.74) is 0.568. The molecule has 0 fully saturated rings. The molecule has 0 radical (unpaired) electrons. The minimum Gasteiger partial charge on any atom is -0.494 e. The Morgan fingerprint density at radius 2 is 1.59 bits per heavy atom. The Morgan fingerprint density at radius 1 is 1.00 bits per heavy atom. The molecule has 39 heavy (non-hydrogen) atoms. The summed E-state index contributed by atoms with van der Waals surface area (Å²) in [5, 5.41) is 3.07. The zero-order valence-electron chi connectivity index (χ0n) is 21.5. The number of anilines is 1. The van der Waals surface area contributed by atoms with Gasteiger partial charge in [-0.25, -0.2) is 12.8 Å². The number of carbonyl (C=O) groups excluding carboxylic acids is 2. The maximum absolute atomic E-state index is 13.8. The molecule has 1 N–H and O–H groups in total. The molecule has 0 aliphatic rings. The van der Waals surface area contributed by atoms with Crippen LogP contribution in [0.4, 0.5) is 10.1 Å². The summed E-state index contributed by atoms with van der Waals surface area (Å²) in [6.45, 7) is 2.91. The van der Waals surface area contributed by atoms with E-state index in [9.17, 15) is 22.4 Å². The van der Waals surface area contributed by atoms with Crippen LogP contribution >= 0.6 is 23.2 Å². The van der Waals surface area contributed by atoms with Crippen LogP contribution in [0.15, 0.2) is 71.6 Å². The molecule has 0 saturated carbocycles. The van der Waals surface area contributed by atoms with E-state index >= 15 is 0 Å². The maximum atomic E-state index is 13.8. The molecular formula is C27H28Cl2FN3O5S. The molecule has 8 nitrogen and oxygen atoms in total. The normalized spacial score (nSPS) is 11.9. The van der Waals surface area contributed by atoms with Crippen molar-refractivity contribution < 1.29 is 27.1 Å². The summed E-state index contributed by atoms with van der Waals surface area (Å²) >= 11 is 12.7. The summed E-state index contributed by atoms with van der Waals surface area (Å²) in [6, 6.07) is 14.3. The van der Waals surface area contributed by atoms with Gasteiger partial charge < -0.3 is 15.0 Å². The van der Waals surface area contributed by atoms with Gasteiger partial charge in [0.05, 0.1) is 17.2 Å². The van der Waals surface area contributed by atoms with Crippen molar-refractivity contribution >= 4 is 50.7 Å². The van der Waals surface area contributed by atoms with Crippen LogP contribution in [0, 0.1) is 5.82 Å². The second-order valence-corrected chi connectivity index (χ2v) is 11.1. The lowest BCUT2D eigenvalue weighted by Gasteiger charge is -2.32. The third-order valence-corrected chi connectivity index (χ3v) is 8.42. The molecule has 3 aromatic carbocycles. The molecule has 2 amide bonds. The van der Waals surface area contributed by atoms with Crippen molar-refractivity contribution in [1.29, 1.82) is 0 Å². The molecule has 0 unspecified atom stereocenters. The number of rotatable bonds is 11. The van der Waals surface area contributed by atoms with Crippen molar-refractivity contribution in [3.63, 3.8) is 0 Å². The zero-order chi connectivity index (χ0) is 28.7. The lowest BCUT2D eigenvalue weighted by Crippen LogP contribution is -2.50. The standard InChI is InChI=1S/C27H28Cl2FN3O5S/c1-4-38-21-12-10-20(11-13-21)33(39(36,37)22-14-8-19(30)9-15-22)17-26(34)32(18(2)27(35)31-3)16-23-24(28)6-5-7-25(23)29/h5-15,18H,4,16-17H2,1-3H3,(H,31,35)/t18-/m0/s1. The van der Waals surface area contributed by atoms with Crippen LogP contribution < -0.4 is 14.4 Å². The first-order chi connectivity index (χ1) is 18.5. The number of nitrogens with one attached hydrogen (secondary N) is 1. The smallest absolute Gasteiger partial charge is 0.264 e. The molecule has 12 heteroatoms. The Kier molecular flexibility index (Phi) is 10.2. The number of hydrogen-bond acceptors (Lipinski definition) is 5. The maximum Gasteiger partial charge on any atom is 0.264 e. The first kappa shape index (κ1) is 30.2. The van der Waals surface area contributed by atoms with Gasteiger partial charge in [-0.2, -0.15) is 0 Å². The molecule has 0 aliphatic heterocycles. The van der Waals surface area contributed by atoms with Crippen LogP contribution in [0.2, 0.25) is 10.0 Å². The third kappa shape index (κ3) is 7.20. The molecule has 208 valence electrons. The molecule has 0 saturated heterocycles. The topological polar surface area (TPSA) is 96.0 Å². The fourth-order valence-corrected chi connectivity index (χ4v) is 5.71. The minimum atomic E-state index is -4.34. The van der Waals surface area contributed by atoms with Crippen LogP contribution in [0.3, 0.4) is 0 Å². The van der Waals surface area contributed by atoms with Gasteiger partial charge in [0.1, 0.15) is 24.2 Å². The lowest BCUT2D eigenvalue weighted by atomic mass is 10.1. The van der Waals surface area contributed by atoms with Crippen LogP contribution in [0.25, 0.3) is 0 Å². The number of sulfonamides is 1. The summed E-state index contributed by atoms with van der Waals surface area (Å²) in [5.74, 6) is -1.27. The highest BCUT2D eigenvalue weighted by Gasteiger charge is 2.33. The highest BCUT2D eigenvalue weighted by molar-refractivity contribution is 7.92. The number of hydrogen-bond donors (Lipinski definition) is 1. The quantitative estimate of drug-likeness (QED) is 0.340. The number of benzene rings is 3. The van der Waals surface area contributed by atoms with E-state index in [1.54, 1.807) is 30.3 Å². The molecular weight excluding hydrogens is 568 g/mol. The van der Waals surface area contributed by atoms with E-state index in [1.807, 2.05) is 6.92 Å². The molecule has 0 bridgehead atoms. The van der Waals surface area contributed by atoms with Gasteiger partial charge in [0.2, 0.25) is 11.8 Å². The highest BCUT2D eigenvalue weighted by Crippen LogP contribution is 2.29. The van der Waals surface area contributed by atoms with Gasteiger partial charge in [-0.3, -0.25) is 13.9 Å². The Labute approximate surface area is 237 Å². The monoisotopic (exact) mass is 595 g/mol. The van der Waals surface area contributed by atoms with Gasteiger partial charge in [0.25, 0.3) is 10.0 Å². The van der Waals surface area contributed by atoms with E-state index in [0.29, 0.717) is 17.9 Å². The molecule has 0 spiro atoms. The average molecular weight is 597 g/mol. The first-order valence-corrected chi connectivity index (χ1v) is 14.1. The largest absolute Gasteiger partial charge is 0.494 e. The van der Waals surface area contributed by atoms with Crippen LogP contribution in [-0.2, 0) is 26.2 Å². The second-order valence-electron chi connectivity index (χ2n) is 8.40.